The fourth-order valence-electron chi connectivity index (χ4n) is 3.46. The quantitative estimate of drug-likeness (QED) is 0.375. The number of rotatable bonds is 6. The zero-order valence-electron chi connectivity index (χ0n) is 16.5. The molecule has 1 aliphatic carbocycles. The van der Waals surface area contributed by atoms with E-state index in [0.717, 1.165) is 49.6 Å². The third-order valence-corrected chi connectivity index (χ3v) is 5.17. The first kappa shape index (κ1) is 23.0. The normalized spacial score (nSPS) is 23.1. The van der Waals surface area contributed by atoms with Gasteiger partial charge in [-0.1, -0.05) is 38.0 Å². The zero-order valence-corrected chi connectivity index (χ0v) is 18.8. The van der Waals surface area contributed by atoms with Crippen LogP contribution in [0.1, 0.15) is 45.1 Å². The number of ether oxygens (including phenoxy) is 1. The molecule has 0 aromatic heterocycles. The van der Waals surface area contributed by atoms with Crippen molar-refractivity contribution in [3.8, 4) is 5.75 Å². The highest BCUT2D eigenvalue weighted by molar-refractivity contribution is 14.0. The first-order chi connectivity index (χ1) is 12.0. The molecule has 1 aliphatic rings. The molecule has 2 atom stereocenters. The van der Waals surface area contributed by atoms with Gasteiger partial charge in [0, 0.05) is 31.1 Å². The highest BCUT2D eigenvalue weighted by Gasteiger charge is 2.35. The number of para-hydroxylation sites is 1. The Labute approximate surface area is 175 Å². The van der Waals surface area contributed by atoms with Crippen LogP contribution in [0.15, 0.2) is 29.3 Å². The SMILES string of the molecule is CCNC(=NCC1(C)CCCCC1O)N(C)Cc1ccccc1OC.I. The van der Waals surface area contributed by atoms with Gasteiger partial charge in [0.25, 0.3) is 0 Å². The Morgan fingerprint density at radius 2 is 2.12 bits per heavy atom. The molecule has 2 N–H and O–H groups in total. The van der Waals surface area contributed by atoms with Crippen LogP contribution >= 0.6 is 24.0 Å². The van der Waals surface area contributed by atoms with Gasteiger partial charge in [-0.25, -0.2) is 0 Å². The van der Waals surface area contributed by atoms with E-state index in [1.165, 1.54) is 6.42 Å². The average molecular weight is 475 g/mol. The molecule has 5 nitrogen and oxygen atoms in total. The van der Waals surface area contributed by atoms with Gasteiger partial charge in [0.2, 0.25) is 0 Å². The van der Waals surface area contributed by atoms with Crippen LogP contribution in [-0.4, -0.2) is 49.3 Å². The summed E-state index contributed by atoms with van der Waals surface area (Å²) in [6.45, 7) is 6.41. The average Bonchev–Trinajstić information content (AvgIpc) is 2.61. The topological polar surface area (TPSA) is 57.1 Å². The van der Waals surface area contributed by atoms with Gasteiger partial charge in [-0.05, 0) is 25.8 Å². The van der Waals surface area contributed by atoms with Crippen molar-refractivity contribution in [1.82, 2.24) is 10.2 Å². The number of nitrogens with one attached hydrogen (secondary N) is 1. The third-order valence-electron chi connectivity index (χ3n) is 5.17. The van der Waals surface area contributed by atoms with Crippen molar-refractivity contribution in [3.63, 3.8) is 0 Å². The van der Waals surface area contributed by atoms with E-state index in [0.29, 0.717) is 6.54 Å². The van der Waals surface area contributed by atoms with Gasteiger partial charge in [0.05, 0.1) is 19.8 Å². The molecule has 0 amide bonds. The van der Waals surface area contributed by atoms with Gasteiger partial charge in [-0.3, -0.25) is 4.99 Å². The van der Waals surface area contributed by atoms with Crippen molar-refractivity contribution in [2.75, 3.05) is 27.2 Å². The molecule has 0 saturated heterocycles. The molecule has 2 rings (SSSR count). The molecule has 1 aromatic rings. The highest BCUT2D eigenvalue weighted by atomic mass is 127. The van der Waals surface area contributed by atoms with Crippen molar-refractivity contribution < 1.29 is 9.84 Å². The molecule has 1 fully saturated rings. The van der Waals surface area contributed by atoms with E-state index in [2.05, 4.69) is 30.1 Å². The Balaban J connectivity index is 0.00000338. The van der Waals surface area contributed by atoms with Gasteiger partial charge in [0.15, 0.2) is 5.96 Å². The highest BCUT2D eigenvalue weighted by Crippen LogP contribution is 2.36. The van der Waals surface area contributed by atoms with Gasteiger partial charge >= 0.3 is 0 Å². The van der Waals surface area contributed by atoms with Crippen LogP contribution in [0.3, 0.4) is 0 Å². The van der Waals surface area contributed by atoms with E-state index in [-0.39, 0.29) is 35.5 Å². The van der Waals surface area contributed by atoms with Gasteiger partial charge in [-0.2, -0.15) is 0 Å². The van der Waals surface area contributed by atoms with Crippen molar-refractivity contribution >= 4 is 29.9 Å². The summed E-state index contributed by atoms with van der Waals surface area (Å²) < 4.78 is 5.45. The van der Waals surface area contributed by atoms with E-state index >= 15 is 0 Å². The summed E-state index contributed by atoms with van der Waals surface area (Å²) in [4.78, 5) is 6.95. The minimum atomic E-state index is -0.257. The molecule has 0 heterocycles. The van der Waals surface area contributed by atoms with Crippen molar-refractivity contribution in [2.45, 2.75) is 52.2 Å². The molecule has 2 unspecified atom stereocenters. The van der Waals surface area contributed by atoms with Gasteiger partial charge < -0.3 is 20.1 Å². The number of hydrogen-bond donors (Lipinski definition) is 2. The van der Waals surface area contributed by atoms with E-state index in [9.17, 15) is 5.11 Å². The summed E-state index contributed by atoms with van der Waals surface area (Å²) in [7, 11) is 3.73. The number of guanidine groups is 1. The van der Waals surface area contributed by atoms with Crippen molar-refractivity contribution in [1.29, 1.82) is 0 Å². The number of methoxy groups -OCH3 is 1. The van der Waals surface area contributed by atoms with E-state index in [1.54, 1.807) is 7.11 Å². The number of aliphatic hydroxyl groups excluding tert-OH is 1. The van der Waals surface area contributed by atoms with E-state index < -0.39 is 0 Å². The van der Waals surface area contributed by atoms with E-state index in [1.807, 2.05) is 25.2 Å². The Kier molecular flexibility index (Phi) is 9.71. The molecule has 1 aromatic carbocycles. The lowest BCUT2D eigenvalue weighted by Crippen LogP contribution is -2.42. The van der Waals surface area contributed by atoms with Crippen molar-refractivity contribution in [3.05, 3.63) is 29.8 Å². The lowest BCUT2D eigenvalue weighted by molar-refractivity contribution is 0.00705. The number of aliphatic imine (C=N–C) groups is 1. The molecule has 0 aliphatic heterocycles. The first-order valence-corrected chi connectivity index (χ1v) is 9.29. The largest absolute Gasteiger partial charge is 0.496 e. The molecule has 0 spiro atoms. The predicted molar refractivity (Wildman–Crippen MR) is 118 cm³/mol. The van der Waals surface area contributed by atoms with Crippen LogP contribution in [0.5, 0.6) is 5.75 Å². The molecule has 6 heteroatoms. The third kappa shape index (κ3) is 6.01. The zero-order chi connectivity index (χ0) is 18.3. The maximum atomic E-state index is 10.4. The molecule has 0 radical (unpaired) electrons. The van der Waals surface area contributed by atoms with Crippen LogP contribution in [0.4, 0.5) is 0 Å². The Hall–Kier alpha value is -1.02. The first-order valence-electron chi connectivity index (χ1n) is 9.29. The molecular weight excluding hydrogens is 441 g/mol. The maximum Gasteiger partial charge on any atom is 0.193 e. The smallest absolute Gasteiger partial charge is 0.193 e. The molecule has 26 heavy (non-hydrogen) atoms. The van der Waals surface area contributed by atoms with Crippen LogP contribution < -0.4 is 10.1 Å². The molecule has 148 valence electrons. The molecular formula is C20H34IN3O2. The van der Waals surface area contributed by atoms with Crippen LogP contribution in [-0.2, 0) is 6.54 Å². The number of halogens is 1. The van der Waals surface area contributed by atoms with E-state index in [4.69, 9.17) is 9.73 Å². The van der Waals surface area contributed by atoms with Crippen LogP contribution in [0.25, 0.3) is 0 Å². The lowest BCUT2D eigenvalue weighted by atomic mass is 9.73. The second-order valence-electron chi connectivity index (χ2n) is 7.25. The monoisotopic (exact) mass is 475 g/mol. The standard InChI is InChI=1S/C20H33N3O2.HI/c1-5-21-19(22-15-20(2)13-9-8-12-18(20)24)23(3)14-16-10-6-7-11-17(16)25-4;/h6-7,10-11,18,24H,5,8-9,12-15H2,1-4H3,(H,21,22);1H. The predicted octanol–water partition coefficient (Wildman–Crippen LogP) is 3.65. The second kappa shape index (κ2) is 11.0. The summed E-state index contributed by atoms with van der Waals surface area (Å²) in [5.41, 5.74) is 1.01. The summed E-state index contributed by atoms with van der Waals surface area (Å²) in [6, 6.07) is 8.06. The Morgan fingerprint density at radius 1 is 1.38 bits per heavy atom. The second-order valence-corrected chi connectivity index (χ2v) is 7.25. The number of benzene rings is 1. The minimum Gasteiger partial charge on any atom is -0.496 e. The summed E-state index contributed by atoms with van der Waals surface area (Å²) in [6.07, 6.45) is 3.96. The molecule has 0 bridgehead atoms. The fraction of sp³-hybridized carbons (Fsp3) is 0.650. The number of nitrogens with zero attached hydrogens (tertiary/aromatic N) is 2. The summed E-state index contributed by atoms with van der Waals surface area (Å²) in [5, 5.41) is 13.8. The van der Waals surface area contributed by atoms with Gasteiger partial charge in [-0.15, -0.1) is 24.0 Å². The Bertz CT molecular complexity index is 582. The lowest BCUT2D eigenvalue weighted by Gasteiger charge is -2.37. The minimum absolute atomic E-state index is 0. The summed E-state index contributed by atoms with van der Waals surface area (Å²) >= 11 is 0. The maximum absolute atomic E-state index is 10.4. The molecule has 1 saturated carbocycles. The van der Waals surface area contributed by atoms with Crippen LogP contribution in [0.2, 0.25) is 0 Å². The van der Waals surface area contributed by atoms with Crippen molar-refractivity contribution in [2.24, 2.45) is 10.4 Å². The fourth-order valence-corrected chi connectivity index (χ4v) is 3.46. The number of hydrogen-bond acceptors (Lipinski definition) is 3. The summed E-state index contributed by atoms with van der Waals surface area (Å²) in [5.74, 6) is 1.76. The van der Waals surface area contributed by atoms with Gasteiger partial charge in [0.1, 0.15) is 5.75 Å². The van der Waals surface area contributed by atoms with Crippen LogP contribution in [0, 0.1) is 5.41 Å². The Morgan fingerprint density at radius 3 is 2.77 bits per heavy atom. The number of aliphatic hydroxyl groups is 1.